The highest BCUT2D eigenvalue weighted by atomic mass is 17.1. The average molecular weight is 501 g/mol. The van der Waals surface area contributed by atoms with E-state index in [2.05, 4.69) is 52.2 Å². The van der Waals surface area contributed by atoms with Gasteiger partial charge in [-0.3, -0.25) is 4.58 Å². The minimum Gasteiger partial charge on any atom is -0.588 e. The van der Waals surface area contributed by atoms with Gasteiger partial charge in [-0.05, 0) is 91.3 Å². The molecule has 0 aromatic rings. The fraction of sp³-hybridized carbons (Fsp3) is 0.909. The highest BCUT2D eigenvalue weighted by Crippen LogP contribution is 2.67. The molecule has 3 heteroatoms. The van der Waals surface area contributed by atoms with Crippen LogP contribution in [0.2, 0.25) is 0 Å². The van der Waals surface area contributed by atoms with Crippen molar-refractivity contribution in [3.05, 3.63) is 11.6 Å². The fourth-order valence-electron chi connectivity index (χ4n) is 9.58. The first kappa shape index (κ1) is 28.0. The van der Waals surface area contributed by atoms with Gasteiger partial charge in [-0.15, -0.1) is 0 Å². The van der Waals surface area contributed by atoms with Gasteiger partial charge in [0.2, 0.25) is 0 Å². The van der Waals surface area contributed by atoms with Gasteiger partial charge in [-0.1, -0.05) is 85.3 Å². The van der Waals surface area contributed by atoms with Crippen LogP contribution in [-0.4, -0.2) is 12.1 Å². The number of allylic oxidation sites excluding steroid dienone is 1. The second-order valence-corrected chi connectivity index (χ2v) is 14.2. The molecule has 3 fully saturated rings. The number of unbranched alkanes of at least 4 members (excludes halogenated alkanes) is 2. The van der Waals surface area contributed by atoms with Gasteiger partial charge in [0.15, 0.2) is 6.10 Å². The standard InChI is InChI=1S/C33H56O3/c1-7-8-9-13-31(36-34)35-26-18-20-32(5)25(22-26)14-15-27-29-17-16-28(24(4)12-10-11-23(2)3)33(29,6)21-19-30(27)32/h14,23-24,26-30H,7-13,15-22H2,1-6H3/t24-,26+,27+,28-,29+,30+,32+,33-/m1/s1. The molecule has 0 aliphatic heterocycles. The predicted molar refractivity (Wildman–Crippen MR) is 147 cm³/mol. The Kier molecular flexibility index (Phi) is 9.20. The zero-order valence-corrected chi connectivity index (χ0v) is 24.5. The van der Waals surface area contributed by atoms with Crippen molar-refractivity contribution < 1.29 is 14.6 Å². The van der Waals surface area contributed by atoms with Crippen molar-refractivity contribution >= 4 is 5.97 Å². The second-order valence-electron chi connectivity index (χ2n) is 14.2. The van der Waals surface area contributed by atoms with Crippen LogP contribution < -0.4 is 5.26 Å². The smallest absolute Gasteiger partial charge is 0.497 e. The van der Waals surface area contributed by atoms with Crippen molar-refractivity contribution in [3.8, 4) is 0 Å². The first-order valence-electron chi connectivity index (χ1n) is 15.7. The highest BCUT2D eigenvalue weighted by Gasteiger charge is 2.59. The summed E-state index contributed by atoms with van der Waals surface area (Å²) < 4.78 is 10.5. The number of ether oxygens (including phenoxy) is 1. The van der Waals surface area contributed by atoms with Crippen LogP contribution >= 0.6 is 0 Å². The molecule has 0 spiro atoms. The van der Waals surface area contributed by atoms with Gasteiger partial charge in [0.1, 0.15) is 6.42 Å². The lowest BCUT2D eigenvalue weighted by atomic mass is 9.47. The van der Waals surface area contributed by atoms with E-state index in [1.54, 1.807) is 5.57 Å². The number of hydrogen-bond acceptors (Lipinski definition) is 2. The quantitative estimate of drug-likeness (QED) is 0.0755. The van der Waals surface area contributed by atoms with Crippen LogP contribution in [0, 0.1) is 46.3 Å². The van der Waals surface area contributed by atoms with E-state index in [0.29, 0.717) is 23.2 Å². The number of fused-ring (bicyclic) bond motifs is 5. The van der Waals surface area contributed by atoms with Crippen molar-refractivity contribution in [1.29, 1.82) is 0 Å². The van der Waals surface area contributed by atoms with E-state index in [-0.39, 0.29) is 6.10 Å². The molecular formula is C33H56O3. The van der Waals surface area contributed by atoms with Gasteiger partial charge in [0, 0.05) is 12.8 Å². The molecule has 206 valence electrons. The van der Waals surface area contributed by atoms with Gasteiger partial charge < -0.3 is 9.99 Å². The summed E-state index contributed by atoms with van der Waals surface area (Å²) in [6.07, 6.45) is 21.1. The number of esters is 1. The van der Waals surface area contributed by atoms with Gasteiger partial charge in [-0.2, -0.15) is 0 Å². The molecule has 0 N–H and O–H groups in total. The third-order valence-corrected chi connectivity index (χ3v) is 11.6. The van der Waals surface area contributed by atoms with Crippen molar-refractivity contribution in [3.63, 3.8) is 0 Å². The summed E-state index contributed by atoms with van der Waals surface area (Å²) >= 11 is 0. The Morgan fingerprint density at radius 3 is 2.56 bits per heavy atom. The molecule has 0 aromatic heterocycles. The summed E-state index contributed by atoms with van der Waals surface area (Å²) in [6.45, 7) is 14.8. The van der Waals surface area contributed by atoms with Crippen molar-refractivity contribution in [1.82, 2.24) is 0 Å². The number of hydrogen-bond donors (Lipinski definition) is 0. The Morgan fingerprint density at radius 1 is 1.03 bits per heavy atom. The molecule has 0 radical (unpaired) electrons. The van der Waals surface area contributed by atoms with Crippen LogP contribution in [-0.2, 0) is 9.31 Å². The Morgan fingerprint density at radius 2 is 1.83 bits per heavy atom. The molecule has 4 aliphatic rings. The molecule has 4 aliphatic carbocycles. The lowest BCUT2D eigenvalue weighted by Crippen LogP contribution is -2.51. The lowest BCUT2D eigenvalue weighted by molar-refractivity contribution is -1.05. The van der Waals surface area contributed by atoms with Crippen LogP contribution in [0.3, 0.4) is 0 Å². The monoisotopic (exact) mass is 500 g/mol. The van der Waals surface area contributed by atoms with Crippen LogP contribution in [0.1, 0.15) is 138 Å². The van der Waals surface area contributed by atoms with Crippen LogP contribution in [0.15, 0.2) is 11.6 Å². The zero-order valence-electron chi connectivity index (χ0n) is 24.5. The third-order valence-electron chi connectivity index (χ3n) is 11.6. The Labute approximate surface area is 222 Å². The van der Waals surface area contributed by atoms with Crippen LogP contribution in [0.5, 0.6) is 0 Å². The van der Waals surface area contributed by atoms with E-state index >= 15 is 0 Å². The fourth-order valence-corrected chi connectivity index (χ4v) is 9.58. The molecule has 36 heavy (non-hydrogen) atoms. The van der Waals surface area contributed by atoms with Crippen molar-refractivity contribution in [2.45, 2.75) is 144 Å². The summed E-state index contributed by atoms with van der Waals surface area (Å²) in [5, 5.41) is 11.3. The molecule has 0 aromatic carbocycles. The summed E-state index contributed by atoms with van der Waals surface area (Å²) in [6, 6.07) is 0. The van der Waals surface area contributed by atoms with Gasteiger partial charge in [0.05, 0.1) is 0 Å². The topological polar surface area (TPSA) is 43.6 Å². The van der Waals surface area contributed by atoms with Gasteiger partial charge >= 0.3 is 5.97 Å². The van der Waals surface area contributed by atoms with E-state index in [1.165, 1.54) is 57.8 Å². The molecule has 3 nitrogen and oxygen atoms in total. The molecule has 0 bridgehead atoms. The maximum absolute atomic E-state index is 11.3. The van der Waals surface area contributed by atoms with E-state index in [9.17, 15) is 5.26 Å². The Bertz CT molecular complexity index is 784. The molecule has 8 atom stereocenters. The average Bonchev–Trinajstić information content (AvgIpc) is 3.20. The second kappa shape index (κ2) is 11.8. The lowest BCUT2D eigenvalue weighted by Gasteiger charge is -2.58. The minimum absolute atomic E-state index is 0.114. The largest absolute Gasteiger partial charge is 0.588 e. The molecule has 0 heterocycles. The van der Waals surface area contributed by atoms with Crippen LogP contribution in [0.25, 0.3) is 0 Å². The summed E-state index contributed by atoms with van der Waals surface area (Å²) in [7, 11) is 0. The molecular weight excluding hydrogens is 444 g/mol. The molecule has 0 saturated heterocycles. The molecule has 3 saturated carbocycles. The molecule has 4 rings (SSSR count). The van der Waals surface area contributed by atoms with Gasteiger partial charge in [-0.25, -0.2) is 0 Å². The maximum Gasteiger partial charge on any atom is 0.497 e. The van der Waals surface area contributed by atoms with E-state index in [1.807, 2.05) is 0 Å². The van der Waals surface area contributed by atoms with E-state index < -0.39 is 0 Å². The summed E-state index contributed by atoms with van der Waals surface area (Å²) in [4.78, 5) is 0. The van der Waals surface area contributed by atoms with Crippen molar-refractivity contribution in [2.24, 2.45) is 46.3 Å². The summed E-state index contributed by atoms with van der Waals surface area (Å²) in [5.41, 5.74) is 2.50. The van der Waals surface area contributed by atoms with Crippen LogP contribution in [0.4, 0.5) is 0 Å². The van der Waals surface area contributed by atoms with E-state index in [4.69, 9.17) is 4.74 Å². The zero-order chi connectivity index (χ0) is 25.9. The number of rotatable bonds is 10. The molecule has 0 amide bonds. The maximum atomic E-state index is 11.3. The Hall–Kier alpha value is -0.990. The number of carbonyl (C=O) groups excluding carboxylic acids is 1. The third kappa shape index (κ3) is 5.56. The highest BCUT2D eigenvalue weighted by molar-refractivity contribution is 5.69. The first-order valence-corrected chi connectivity index (χ1v) is 15.7. The van der Waals surface area contributed by atoms with E-state index in [0.717, 1.165) is 67.6 Å². The normalized spacial score (nSPS) is 39.2. The Balaban J connectivity index is 1.40. The van der Waals surface area contributed by atoms with Gasteiger partial charge in [0.25, 0.3) is 0 Å². The molecule has 0 unspecified atom stereocenters. The minimum atomic E-state index is 0.114. The first-order chi connectivity index (χ1) is 17.2. The van der Waals surface area contributed by atoms with Crippen molar-refractivity contribution in [2.75, 3.05) is 0 Å². The SMILES string of the molecule is CCCCCC(O[C@H]1CC[C@@]2(C)C(=CC[C@H]3[C@@H]4CC[C@H]([C@H](C)CCCC(C)C)[C@@]4(C)CC[C@@H]32)C1)=[O+][O-]. The summed E-state index contributed by atoms with van der Waals surface area (Å²) in [5.74, 6) is 5.55. The predicted octanol–water partition coefficient (Wildman–Crippen LogP) is 8.33.